The molecule has 1 fully saturated rings. The molecule has 1 aromatic rings. The quantitative estimate of drug-likeness (QED) is 0.661. The molecular weight excluding hydrogens is 362 g/mol. The lowest BCUT2D eigenvalue weighted by Crippen LogP contribution is -2.27. The van der Waals surface area contributed by atoms with Gasteiger partial charge in [0.1, 0.15) is 5.71 Å². The Morgan fingerprint density at radius 3 is 2.48 bits per heavy atom. The van der Waals surface area contributed by atoms with Crippen LogP contribution in [-0.4, -0.2) is 50.5 Å². The lowest BCUT2D eigenvalue weighted by Gasteiger charge is -2.11. The molecule has 0 spiro atoms. The zero-order chi connectivity index (χ0) is 19.4. The maximum atomic E-state index is 11.4. The number of amides is 2. The van der Waals surface area contributed by atoms with E-state index >= 15 is 0 Å². The molecule has 27 heavy (non-hydrogen) atoms. The summed E-state index contributed by atoms with van der Waals surface area (Å²) in [4.78, 5) is 22.6. The van der Waals surface area contributed by atoms with Crippen LogP contribution in [0.1, 0.15) is 11.7 Å². The Hall–Kier alpha value is -3.83. The highest BCUT2D eigenvalue weighted by Gasteiger charge is 2.38. The monoisotopic (exact) mass is 377 g/mol. The molecular formula is C15H15N5O7. The molecule has 1 saturated heterocycles. The highest BCUT2D eigenvalue weighted by Crippen LogP contribution is 2.36. The fraction of sp³-hybridized carbons (Fsp3) is 0.267. The molecule has 2 aliphatic heterocycles. The van der Waals surface area contributed by atoms with Crippen LogP contribution in [0, 0.1) is 5.41 Å². The SMILES string of the molecule is COC(=O)N/N=C1\C(=N)OC(c2ccc3c(c2)OCO3)\C1=N/NC(=O)OC. The number of carbonyl (C=O) groups excluding carboxylic acids is 2. The van der Waals surface area contributed by atoms with E-state index in [1.54, 1.807) is 18.2 Å². The topological polar surface area (TPSA) is 153 Å². The maximum Gasteiger partial charge on any atom is 0.427 e. The number of methoxy groups -OCH3 is 2. The summed E-state index contributed by atoms with van der Waals surface area (Å²) in [7, 11) is 2.33. The Bertz CT molecular complexity index is 851. The predicted octanol–water partition coefficient (Wildman–Crippen LogP) is 0.888. The van der Waals surface area contributed by atoms with Crippen molar-refractivity contribution in [1.82, 2.24) is 10.9 Å². The minimum atomic E-state index is -0.887. The summed E-state index contributed by atoms with van der Waals surface area (Å²) in [6.45, 7) is 0.0979. The molecule has 3 rings (SSSR count). The largest absolute Gasteiger partial charge is 0.461 e. The van der Waals surface area contributed by atoms with Crippen LogP contribution < -0.4 is 20.3 Å². The Labute approximate surface area is 152 Å². The molecule has 1 unspecified atom stereocenters. The lowest BCUT2D eigenvalue weighted by molar-refractivity contribution is 0.170. The van der Waals surface area contributed by atoms with Gasteiger partial charge in [0, 0.05) is 5.56 Å². The third kappa shape index (κ3) is 3.73. The van der Waals surface area contributed by atoms with Gasteiger partial charge in [-0.25, -0.2) is 20.4 Å². The third-order valence-electron chi connectivity index (χ3n) is 3.54. The van der Waals surface area contributed by atoms with Crippen LogP contribution in [-0.2, 0) is 14.2 Å². The van der Waals surface area contributed by atoms with E-state index in [2.05, 4.69) is 30.5 Å². The van der Waals surface area contributed by atoms with Crippen LogP contribution in [0.3, 0.4) is 0 Å². The normalized spacial score (nSPS) is 20.4. The van der Waals surface area contributed by atoms with Crippen molar-refractivity contribution >= 4 is 29.5 Å². The van der Waals surface area contributed by atoms with Crippen molar-refractivity contribution in [3.05, 3.63) is 23.8 Å². The van der Waals surface area contributed by atoms with Gasteiger partial charge in [0.15, 0.2) is 23.3 Å². The van der Waals surface area contributed by atoms with Gasteiger partial charge in [-0.05, 0) is 12.1 Å². The van der Waals surface area contributed by atoms with Crippen LogP contribution in [0.2, 0.25) is 0 Å². The van der Waals surface area contributed by atoms with Gasteiger partial charge in [-0.1, -0.05) is 6.07 Å². The second-order valence-corrected chi connectivity index (χ2v) is 5.10. The summed E-state index contributed by atoms with van der Waals surface area (Å²) in [6, 6.07) is 5.03. The van der Waals surface area contributed by atoms with E-state index in [1.807, 2.05) is 0 Å². The van der Waals surface area contributed by atoms with Crippen molar-refractivity contribution in [2.24, 2.45) is 10.2 Å². The molecule has 3 N–H and O–H groups in total. The molecule has 1 atom stereocenters. The number of nitrogens with zero attached hydrogens (tertiary/aromatic N) is 2. The number of fused-ring (bicyclic) bond motifs is 1. The fourth-order valence-corrected chi connectivity index (χ4v) is 2.29. The summed E-state index contributed by atoms with van der Waals surface area (Å²) in [5.41, 5.74) is 4.77. The second-order valence-electron chi connectivity index (χ2n) is 5.10. The molecule has 0 bridgehead atoms. The molecule has 2 amide bonds. The van der Waals surface area contributed by atoms with Crippen molar-refractivity contribution in [3.8, 4) is 11.5 Å². The highest BCUT2D eigenvalue weighted by atomic mass is 16.7. The van der Waals surface area contributed by atoms with Gasteiger partial charge in [0.25, 0.3) is 0 Å². The van der Waals surface area contributed by atoms with Gasteiger partial charge >= 0.3 is 12.2 Å². The van der Waals surface area contributed by atoms with Gasteiger partial charge in [-0.15, -0.1) is 0 Å². The van der Waals surface area contributed by atoms with Crippen LogP contribution in [0.5, 0.6) is 11.5 Å². The highest BCUT2D eigenvalue weighted by molar-refractivity contribution is 6.69. The molecule has 2 heterocycles. The molecule has 12 nitrogen and oxygen atoms in total. The first-order valence-electron chi connectivity index (χ1n) is 7.52. The van der Waals surface area contributed by atoms with Gasteiger partial charge in [-0.3, -0.25) is 5.41 Å². The third-order valence-corrected chi connectivity index (χ3v) is 3.54. The molecule has 142 valence electrons. The molecule has 0 aromatic heterocycles. The average molecular weight is 377 g/mol. The Morgan fingerprint density at radius 2 is 1.78 bits per heavy atom. The molecule has 0 saturated carbocycles. The summed E-state index contributed by atoms with van der Waals surface area (Å²) in [5.74, 6) is 0.708. The zero-order valence-electron chi connectivity index (χ0n) is 14.3. The number of hydrazone groups is 2. The predicted molar refractivity (Wildman–Crippen MR) is 90.1 cm³/mol. The van der Waals surface area contributed by atoms with E-state index in [-0.39, 0.29) is 24.1 Å². The van der Waals surface area contributed by atoms with Gasteiger partial charge in [0.05, 0.1) is 14.2 Å². The minimum absolute atomic E-state index is 0.0701. The summed E-state index contributed by atoms with van der Waals surface area (Å²) < 4.78 is 25.0. The number of ether oxygens (including phenoxy) is 5. The van der Waals surface area contributed by atoms with E-state index in [4.69, 9.17) is 19.6 Å². The number of hydrogen-bond acceptors (Lipinski definition) is 10. The molecule has 2 aliphatic rings. The van der Waals surface area contributed by atoms with E-state index in [0.717, 1.165) is 7.11 Å². The minimum Gasteiger partial charge on any atom is -0.461 e. The molecule has 12 heteroatoms. The van der Waals surface area contributed by atoms with Crippen LogP contribution in [0.4, 0.5) is 9.59 Å². The van der Waals surface area contributed by atoms with E-state index in [0.29, 0.717) is 17.1 Å². The Balaban J connectivity index is 1.95. The standard InChI is InChI=1S/C15H15N5O7/c1-23-14(21)19-17-10-11(18-20-15(22)24-2)13(16)27-12(10)7-3-4-8-9(5-7)26-6-25-8/h3-5,12,16H,6H2,1-2H3,(H,19,21)(H,20,22)/b16-13?,17-10-,18-11-. The summed E-state index contributed by atoms with van der Waals surface area (Å²) in [6.07, 6.45) is -2.56. The number of rotatable bonds is 3. The first kappa shape index (κ1) is 18.0. The first-order chi connectivity index (χ1) is 13.0. The van der Waals surface area contributed by atoms with Crippen molar-refractivity contribution in [2.75, 3.05) is 21.0 Å². The van der Waals surface area contributed by atoms with Gasteiger partial charge in [0.2, 0.25) is 12.7 Å². The van der Waals surface area contributed by atoms with Crippen molar-refractivity contribution in [2.45, 2.75) is 6.10 Å². The van der Waals surface area contributed by atoms with Crippen LogP contribution >= 0.6 is 0 Å². The summed E-state index contributed by atoms with van der Waals surface area (Å²) in [5, 5.41) is 15.7. The number of hydrogen-bond donors (Lipinski definition) is 3. The zero-order valence-corrected chi connectivity index (χ0v) is 14.3. The second kappa shape index (κ2) is 7.59. The number of benzene rings is 1. The van der Waals surface area contributed by atoms with Crippen LogP contribution in [0.25, 0.3) is 0 Å². The lowest BCUT2D eigenvalue weighted by atomic mass is 10.0. The fourth-order valence-electron chi connectivity index (χ4n) is 2.29. The Morgan fingerprint density at radius 1 is 1.11 bits per heavy atom. The van der Waals surface area contributed by atoms with E-state index in [1.165, 1.54) is 7.11 Å². The molecule has 1 aromatic carbocycles. The van der Waals surface area contributed by atoms with E-state index < -0.39 is 18.3 Å². The first-order valence-corrected chi connectivity index (χ1v) is 7.52. The number of nitrogens with one attached hydrogen (secondary N) is 3. The summed E-state index contributed by atoms with van der Waals surface area (Å²) >= 11 is 0. The number of carbonyl (C=O) groups is 2. The smallest absolute Gasteiger partial charge is 0.427 e. The molecule has 0 aliphatic carbocycles. The maximum absolute atomic E-state index is 11.4. The Kier molecular flexibility index (Phi) is 5.06. The van der Waals surface area contributed by atoms with Gasteiger partial charge in [-0.2, -0.15) is 10.2 Å². The van der Waals surface area contributed by atoms with Crippen molar-refractivity contribution in [3.63, 3.8) is 0 Å². The van der Waals surface area contributed by atoms with Crippen LogP contribution in [0.15, 0.2) is 28.4 Å². The van der Waals surface area contributed by atoms with Crippen molar-refractivity contribution < 1.29 is 33.3 Å². The van der Waals surface area contributed by atoms with E-state index in [9.17, 15) is 9.59 Å². The van der Waals surface area contributed by atoms with Crippen molar-refractivity contribution in [1.29, 1.82) is 5.41 Å². The van der Waals surface area contributed by atoms with Gasteiger partial charge < -0.3 is 23.7 Å². The average Bonchev–Trinajstić information content (AvgIpc) is 3.27. The molecule has 0 radical (unpaired) electrons.